The molecule has 0 aromatic carbocycles. The van der Waals surface area contributed by atoms with Gasteiger partial charge in [0, 0.05) is 11.9 Å². The molecule has 0 radical (unpaired) electrons. The Morgan fingerprint density at radius 2 is 2.29 bits per heavy atom. The number of nitrogen functional groups attached to an aromatic ring is 1. The number of carbonyl (C=O) groups excluding carboxylic acids is 1. The van der Waals surface area contributed by atoms with Crippen LogP contribution in [0.5, 0.6) is 0 Å². The van der Waals surface area contributed by atoms with Gasteiger partial charge in [-0.15, -0.1) is 11.3 Å². The Kier molecular flexibility index (Phi) is 3.39. The first kappa shape index (κ1) is 11.6. The van der Waals surface area contributed by atoms with Gasteiger partial charge in [0.1, 0.15) is 5.82 Å². The van der Waals surface area contributed by atoms with E-state index in [2.05, 4.69) is 4.98 Å². The maximum absolute atomic E-state index is 12.0. The van der Waals surface area contributed by atoms with Gasteiger partial charge in [0.15, 0.2) is 0 Å². The number of anilines is 2. The van der Waals surface area contributed by atoms with Gasteiger partial charge in [-0.2, -0.15) is 0 Å². The molecule has 0 saturated carbocycles. The van der Waals surface area contributed by atoms with Gasteiger partial charge in [0.2, 0.25) is 5.91 Å². The van der Waals surface area contributed by atoms with Crippen molar-refractivity contribution < 1.29 is 4.79 Å². The molecule has 2 aromatic heterocycles. The van der Waals surface area contributed by atoms with Gasteiger partial charge in [-0.3, -0.25) is 9.69 Å². The number of rotatable bonds is 3. The molecule has 17 heavy (non-hydrogen) atoms. The highest BCUT2D eigenvalue weighted by atomic mass is 32.1. The maximum Gasteiger partial charge on any atom is 0.233 e. The molecule has 4 nitrogen and oxygen atoms in total. The van der Waals surface area contributed by atoms with Crippen LogP contribution in [0.25, 0.3) is 0 Å². The van der Waals surface area contributed by atoms with E-state index >= 15 is 0 Å². The number of pyridine rings is 1. The number of likely N-dealkylation sites (N-methyl/N-ethyl adjacent to an activating group) is 1. The monoisotopic (exact) mass is 247 g/mol. The van der Waals surface area contributed by atoms with Crippen LogP contribution in [0.4, 0.5) is 11.5 Å². The Morgan fingerprint density at radius 3 is 2.88 bits per heavy atom. The molecule has 0 aliphatic heterocycles. The van der Waals surface area contributed by atoms with Crippen LogP contribution < -0.4 is 10.6 Å². The van der Waals surface area contributed by atoms with E-state index in [1.54, 1.807) is 41.6 Å². The van der Waals surface area contributed by atoms with E-state index in [0.717, 1.165) is 4.88 Å². The molecule has 0 saturated heterocycles. The van der Waals surface area contributed by atoms with Crippen LogP contribution in [-0.2, 0) is 11.2 Å². The second-order valence-electron chi connectivity index (χ2n) is 3.66. The summed E-state index contributed by atoms with van der Waals surface area (Å²) in [6.07, 6.45) is 1.95. The van der Waals surface area contributed by atoms with E-state index in [9.17, 15) is 4.79 Å². The molecule has 0 bridgehead atoms. The van der Waals surface area contributed by atoms with Crippen LogP contribution in [0.2, 0.25) is 0 Å². The predicted molar refractivity (Wildman–Crippen MR) is 70.1 cm³/mol. The van der Waals surface area contributed by atoms with Crippen LogP contribution in [0.1, 0.15) is 4.88 Å². The number of carbonyl (C=O) groups is 1. The molecule has 2 heterocycles. The van der Waals surface area contributed by atoms with Crippen molar-refractivity contribution in [2.45, 2.75) is 6.42 Å². The van der Waals surface area contributed by atoms with Crippen LogP contribution in [-0.4, -0.2) is 17.9 Å². The van der Waals surface area contributed by atoms with Gasteiger partial charge >= 0.3 is 0 Å². The summed E-state index contributed by atoms with van der Waals surface area (Å²) in [5, 5.41) is 1.96. The highest BCUT2D eigenvalue weighted by Crippen LogP contribution is 2.14. The molecule has 0 spiro atoms. The second kappa shape index (κ2) is 4.97. The Balaban J connectivity index is 2.07. The number of aromatic nitrogens is 1. The summed E-state index contributed by atoms with van der Waals surface area (Å²) in [5.74, 6) is 0.630. The zero-order chi connectivity index (χ0) is 12.3. The fraction of sp³-hybridized carbons (Fsp3) is 0.167. The molecule has 0 unspecified atom stereocenters. The Morgan fingerprint density at radius 1 is 1.47 bits per heavy atom. The summed E-state index contributed by atoms with van der Waals surface area (Å²) in [6.45, 7) is 0. The molecule has 2 N–H and O–H groups in total. The van der Waals surface area contributed by atoms with Gasteiger partial charge in [-0.05, 0) is 23.6 Å². The van der Waals surface area contributed by atoms with E-state index in [-0.39, 0.29) is 5.91 Å². The number of hydrogen-bond acceptors (Lipinski definition) is 4. The second-order valence-corrected chi connectivity index (χ2v) is 4.69. The van der Waals surface area contributed by atoms with E-state index in [4.69, 9.17) is 5.73 Å². The van der Waals surface area contributed by atoms with Crippen LogP contribution >= 0.6 is 11.3 Å². The Labute approximate surface area is 104 Å². The largest absolute Gasteiger partial charge is 0.397 e. The number of nitrogens with zero attached hydrogens (tertiary/aromatic N) is 2. The summed E-state index contributed by atoms with van der Waals surface area (Å²) in [5.41, 5.74) is 6.14. The third-order valence-electron chi connectivity index (χ3n) is 2.39. The van der Waals surface area contributed by atoms with Crippen LogP contribution in [0.3, 0.4) is 0 Å². The van der Waals surface area contributed by atoms with Crippen molar-refractivity contribution in [3.63, 3.8) is 0 Å². The lowest BCUT2D eigenvalue weighted by Crippen LogP contribution is -2.28. The quantitative estimate of drug-likeness (QED) is 0.901. The first-order valence-electron chi connectivity index (χ1n) is 5.17. The minimum Gasteiger partial charge on any atom is -0.397 e. The Bertz CT molecular complexity index is 493. The van der Waals surface area contributed by atoms with Gasteiger partial charge in [-0.1, -0.05) is 6.07 Å². The molecule has 5 heteroatoms. The summed E-state index contributed by atoms with van der Waals surface area (Å²) < 4.78 is 0. The van der Waals surface area contributed by atoms with Crippen LogP contribution in [0.15, 0.2) is 35.8 Å². The molecule has 0 atom stereocenters. The molecule has 1 amide bonds. The fourth-order valence-electron chi connectivity index (χ4n) is 1.40. The van der Waals surface area contributed by atoms with Crippen molar-refractivity contribution in [3.8, 4) is 0 Å². The van der Waals surface area contributed by atoms with E-state index in [0.29, 0.717) is 17.9 Å². The minimum absolute atomic E-state index is 0.0183. The molecule has 2 rings (SSSR count). The molecule has 0 aliphatic rings. The van der Waals surface area contributed by atoms with Crippen molar-refractivity contribution in [1.82, 2.24) is 4.98 Å². The van der Waals surface area contributed by atoms with Crippen molar-refractivity contribution >= 4 is 28.7 Å². The molecular formula is C12H13N3OS. The molecule has 0 aliphatic carbocycles. The highest BCUT2D eigenvalue weighted by Gasteiger charge is 2.12. The van der Waals surface area contributed by atoms with Crippen molar-refractivity contribution in [1.29, 1.82) is 0 Å². The number of nitrogens with two attached hydrogens (primary N) is 1. The van der Waals surface area contributed by atoms with Crippen molar-refractivity contribution in [2.75, 3.05) is 17.7 Å². The standard InChI is InChI=1S/C12H13N3OS/c1-15(11-5-4-9(13)8-14-11)12(16)7-10-3-2-6-17-10/h2-6,8H,7,13H2,1H3. The maximum atomic E-state index is 12.0. The van der Waals surface area contributed by atoms with Gasteiger partial charge in [0.05, 0.1) is 18.3 Å². The van der Waals surface area contributed by atoms with Gasteiger partial charge < -0.3 is 5.73 Å². The first-order valence-corrected chi connectivity index (χ1v) is 6.05. The number of amides is 1. The van der Waals surface area contributed by atoms with Crippen molar-refractivity contribution in [3.05, 3.63) is 40.7 Å². The van der Waals surface area contributed by atoms with Crippen molar-refractivity contribution in [2.24, 2.45) is 0 Å². The normalized spacial score (nSPS) is 10.2. The molecule has 2 aromatic rings. The third kappa shape index (κ3) is 2.82. The predicted octanol–water partition coefficient (Wildman–Crippen LogP) is 1.93. The first-order chi connectivity index (χ1) is 8.16. The number of thiophene rings is 1. The summed E-state index contributed by atoms with van der Waals surface area (Å²) in [4.78, 5) is 18.7. The average molecular weight is 247 g/mol. The minimum atomic E-state index is 0.0183. The summed E-state index contributed by atoms with van der Waals surface area (Å²) in [6, 6.07) is 7.36. The lowest BCUT2D eigenvalue weighted by Gasteiger charge is -2.15. The summed E-state index contributed by atoms with van der Waals surface area (Å²) >= 11 is 1.58. The van der Waals surface area contributed by atoms with E-state index in [1.807, 2.05) is 17.5 Å². The lowest BCUT2D eigenvalue weighted by molar-refractivity contribution is -0.117. The van der Waals surface area contributed by atoms with Gasteiger partial charge in [-0.25, -0.2) is 4.98 Å². The molecular weight excluding hydrogens is 234 g/mol. The lowest BCUT2D eigenvalue weighted by atomic mass is 10.3. The SMILES string of the molecule is CN(C(=O)Cc1cccs1)c1ccc(N)cn1. The van der Waals surface area contributed by atoms with E-state index < -0.39 is 0 Å². The highest BCUT2D eigenvalue weighted by molar-refractivity contribution is 7.10. The smallest absolute Gasteiger partial charge is 0.233 e. The van der Waals surface area contributed by atoms with Gasteiger partial charge in [0.25, 0.3) is 0 Å². The zero-order valence-electron chi connectivity index (χ0n) is 9.46. The molecule has 88 valence electrons. The van der Waals surface area contributed by atoms with Crippen LogP contribution in [0, 0.1) is 0 Å². The molecule has 0 fully saturated rings. The Hall–Kier alpha value is -1.88. The topological polar surface area (TPSA) is 59.2 Å². The zero-order valence-corrected chi connectivity index (χ0v) is 10.3. The summed E-state index contributed by atoms with van der Waals surface area (Å²) in [7, 11) is 1.72. The third-order valence-corrected chi connectivity index (χ3v) is 3.27. The van der Waals surface area contributed by atoms with E-state index in [1.165, 1.54) is 0 Å². The average Bonchev–Trinajstić information content (AvgIpc) is 2.82. The fourth-order valence-corrected chi connectivity index (χ4v) is 2.10. The number of hydrogen-bond donors (Lipinski definition) is 1.